The second-order valence-electron chi connectivity index (χ2n) is 1.91. The Balaban J connectivity index is 2.81. The minimum atomic E-state index is -4.41. The molecule has 0 amide bonds. The van der Waals surface area contributed by atoms with Gasteiger partial charge in [-0.25, -0.2) is 0 Å². The highest BCUT2D eigenvalue weighted by Gasteiger charge is 2.10. The van der Waals surface area contributed by atoms with Crippen molar-refractivity contribution < 1.29 is 12.3 Å². The van der Waals surface area contributed by atoms with Gasteiger partial charge in [0.25, 0.3) is 0 Å². The summed E-state index contributed by atoms with van der Waals surface area (Å²) in [6.45, 7) is 0. The van der Waals surface area contributed by atoms with E-state index >= 15 is 0 Å². The van der Waals surface area contributed by atoms with E-state index in [4.69, 9.17) is 11.6 Å². The third-order valence-electron chi connectivity index (χ3n) is 0.936. The molecule has 62 valence electrons. The summed E-state index contributed by atoms with van der Waals surface area (Å²) in [6, 6.07) is 1.43. The van der Waals surface area contributed by atoms with Crippen molar-refractivity contribution >= 4 is 33.2 Å². The van der Waals surface area contributed by atoms with E-state index in [2.05, 4.69) is 0 Å². The van der Waals surface area contributed by atoms with Gasteiger partial charge in [-0.05, 0) is 6.07 Å². The van der Waals surface area contributed by atoms with E-state index < -0.39 is 16.0 Å². The van der Waals surface area contributed by atoms with Gasteiger partial charge in [-0.1, -0.05) is 11.6 Å². The number of rotatable bonds is 2. The van der Waals surface area contributed by atoms with Crippen molar-refractivity contribution in [1.29, 1.82) is 0 Å². The van der Waals surface area contributed by atoms with E-state index in [0.29, 0.717) is 9.90 Å². The van der Waals surface area contributed by atoms with Crippen molar-refractivity contribution in [1.82, 2.24) is 0 Å². The molecule has 0 saturated carbocycles. The molecule has 0 fully saturated rings. The number of thiophene rings is 1. The standard InChI is InChI=1S/C5H4ClFO2S2/c6-4-1-5(10-2-4)3-11(7,8)9/h1-2H,3H2. The first kappa shape index (κ1) is 8.96. The summed E-state index contributed by atoms with van der Waals surface area (Å²) >= 11 is 6.61. The molecule has 1 heterocycles. The lowest BCUT2D eigenvalue weighted by Crippen LogP contribution is -1.92. The lowest BCUT2D eigenvalue weighted by atomic mass is 10.5. The van der Waals surface area contributed by atoms with Crippen molar-refractivity contribution in [2.75, 3.05) is 0 Å². The van der Waals surface area contributed by atoms with Crippen LogP contribution < -0.4 is 0 Å². The molecule has 2 nitrogen and oxygen atoms in total. The Hall–Kier alpha value is -0.130. The van der Waals surface area contributed by atoms with Gasteiger partial charge in [0.1, 0.15) is 5.75 Å². The van der Waals surface area contributed by atoms with Crippen LogP contribution in [0.15, 0.2) is 11.4 Å². The number of halogens is 2. The lowest BCUT2D eigenvalue weighted by Gasteiger charge is -1.87. The third-order valence-corrected chi connectivity index (χ3v) is 3.06. The van der Waals surface area contributed by atoms with Gasteiger partial charge in [-0.2, -0.15) is 8.42 Å². The van der Waals surface area contributed by atoms with E-state index in [0.717, 1.165) is 11.3 Å². The molecule has 0 aliphatic rings. The average molecular weight is 215 g/mol. The van der Waals surface area contributed by atoms with Crippen LogP contribution in [0.1, 0.15) is 4.88 Å². The van der Waals surface area contributed by atoms with Crippen molar-refractivity contribution in [2.24, 2.45) is 0 Å². The van der Waals surface area contributed by atoms with Gasteiger partial charge in [-0.3, -0.25) is 0 Å². The van der Waals surface area contributed by atoms with Crippen molar-refractivity contribution in [3.63, 3.8) is 0 Å². The SMILES string of the molecule is O=S(=O)(F)Cc1cc(Cl)cs1. The van der Waals surface area contributed by atoms with Crippen LogP contribution >= 0.6 is 22.9 Å². The fourth-order valence-corrected chi connectivity index (χ4v) is 2.57. The smallest absolute Gasteiger partial charge is 0.194 e. The largest absolute Gasteiger partial charge is 0.307 e. The molecular weight excluding hydrogens is 211 g/mol. The maximum absolute atomic E-state index is 12.0. The van der Waals surface area contributed by atoms with Crippen molar-refractivity contribution in [3.05, 3.63) is 21.3 Å². The third kappa shape index (κ3) is 3.18. The topological polar surface area (TPSA) is 34.1 Å². The zero-order chi connectivity index (χ0) is 8.48. The second kappa shape index (κ2) is 3.08. The van der Waals surface area contributed by atoms with E-state index in [1.54, 1.807) is 5.38 Å². The quantitative estimate of drug-likeness (QED) is 0.708. The Morgan fingerprint density at radius 3 is 2.64 bits per heavy atom. The summed E-state index contributed by atoms with van der Waals surface area (Å²) in [5, 5.41) is 2.00. The lowest BCUT2D eigenvalue weighted by molar-refractivity contribution is 0.551. The summed E-state index contributed by atoms with van der Waals surface area (Å²) in [6.07, 6.45) is 0. The molecule has 6 heteroatoms. The molecule has 0 aromatic carbocycles. The zero-order valence-corrected chi connectivity index (χ0v) is 7.64. The van der Waals surface area contributed by atoms with Crippen LogP contribution in [-0.4, -0.2) is 8.42 Å². The van der Waals surface area contributed by atoms with Crippen molar-refractivity contribution in [3.8, 4) is 0 Å². The molecule has 0 radical (unpaired) electrons. The summed E-state index contributed by atoms with van der Waals surface area (Å²) in [5.74, 6) is -0.579. The predicted molar refractivity (Wildman–Crippen MR) is 43.1 cm³/mol. The first-order valence-corrected chi connectivity index (χ1v) is 5.43. The van der Waals surface area contributed by atoms with E-state index in [1.165, 1.54) is 6.07 Å². The number of hydrogen-bond acceptors (Lipinski definition) is 3. The second-order valence-corrected chi connectivity index (χ2v) is 4.71. The molecule has 0 N–H and O–H groups in total. The van der Waals surface area contributed by atoms with Gasteiger partial charge in [-0.15, -0.1) is 15.2 Å². The minimum Gasteiger partial charge on any atom is -0.194 e. The summed E-state index contributed by atoms with van der Waals surface area (Å²) in [7, 11) is -4.41. The van der Waals surface area contributed by atoms with Crippen LogP contribution in [0, 0.1) is 0 Å². The highest BCUT2D eigenvalue weighted by atomic mass is 35.5. The van der Waals surface area contributed by atoms with E-state index in [-0.39, 0.29) is 0 Å². The van der Waals surface area contributed by atoms with Crippen LogP contribution in [-0.2, 0) is 16.0 Å². The van der Waals surface area contributed by atoms with E-state index in [9.17, 15) is 12.3 Å². The molecule has 0 spiro atoms. The molecule has 1 aromatic heterocycles. The monoisotopic (exact) mass is 214 g/mol. The van der Waals surface area contributed by atoms with Gasteiger partial charge in [0.2, 0.25) is 0 Å². The van der Waals surface area contributed by atoms with Crippen LogP contribution in [0.4, 0.5) is 3.89 Å². The Labute approximate surface area is 72.8 Å². The Morgan fingerprint density at radius 1 is 1.64 bits per heavy atom. The Bertz CT molecular complexity index is 343. The summed E-state index contributed by atoms with van der Waals surface area (Å²) in [4.78, 5) is 0.414. The van der Waals surface area contributed by atoms with Crippen LogP contribution in [0.2, 0.25) is 5.02 Å². The van der Waals surface area contributed by atoms with Gasteiger partial charge in [0.05, 0.1) is 5.02 Å². The summed E-state index contributed by atoms with van der Waals surface area (Å²) in [5.41, 5.74) is 0. The highest BCUT2D eigenvalue weighted by Crippen LogP contribution is 2.21. The van der Waals surface area contributed by atoms with Gasteiger partial charge < -0.3 is 0 Å². The van der Waals surface area contributed by atoms with Crippen molar-refractivity contribution in [2.45, 2.75) is 5.75 Å². The molecule has 1 aromatic rings. The molecule has 0 saturated heterocycles. The maximum atomic E-state index is 12.0. The fraction of sp³-hybridized carbons (Fsp3) is 0.200. The first-order chi connectivity index (χ1) is 4.97. The minimum absolute atomic E-state index is 0.414. The molecule has 1 rings (SSSR count). The fourth-order valence-electron chi connectivity index (χ4n) is 0.599. The average Bonchev–Trinajstić information content (AvgIpc) is 2.10. The van der Waals surface area contributed by atoms with Gasteiger partial charge in [0.15, 0.2) is 0 Å². The van der Waals surface area contributed by atoms with Crippen LogP contribution in [0.5, 0.6) is 0 Å². The predicted octanol–water partition coefficient (Wildman–Crippen LogP) is 2.20. The van der Waals surface area contributed by atoms with Gasteiger partial charge in [0, 0.05) is 10.3 Å². The zero-order valence-electron chi connectivity index (χ0n) is 5.25. The molecule has 0 unspecified atom stereocenters. The molecule has 0 atom stereocenters. The van der Waals surface area contributed by atoms with E-state index in [1.807, 2.05) is 0 Å². The normalized spacial score (nSPS) is 11.8. The van der Waals surface area contributed by atoms with Crippen LogP contribution in [0.3, 0.4) is 0 Å². The van der Waals surface area contributed by atoms with Gasteiger partial charge >= 0.3 is 10.2 Å². The Morgan fingerprint density at radius 2 is 2.27 bits per heavy atom. The summed E-state index contributed by atoms with van der Waals surface area (Å²) < 4.78 is 32.2. The molecule has 0 aliphatic heterocycles. The first-order valence-electron chi connectivity index (χ1n) is 2.62. The molecule has 11 heavy (non-hydrogen) atoms. The Kier molecular flexibility index (Phi) is 2.51. The molecule has 0 aliphatic carbocycles. The number of hydrogen-bond donors (Lipinski definition) is 0. The molecule has 0 bridgehead atoms. The molecular formula is C5H4ClFO2S2. The highest BCUT2D eigenvalue weighted by molar-refractivity contribution is 7.85. The maximum Gasteiger partial charge on any atom is 0.307 e. The van der Waals surface area contributed by atoms with Crippen LogP contribution in [0.25, 0.3) is 0 Å².